The maximum absolute atomic E-state index is 8.36. The minimum atomic E-state index is -1.28. The molecule has 0 aromatic heterocycles. The first-order chi connectivity index (χ1) is 11.1. The molecule has 0 spiro atoms. The summed E-state index contributed by atoms with van der Waals surface area (Å²) in [6.07, 6.45) is 2.21. The van der Waals surface area contributed by atoms with Gasteiger partial charge in [0.25, 0.3) is 6.47 Å². The van der Waals surface area contributed by atoms with Gasteiger partial charge in [-0.15, -0.1) is 0 Å². The second kappa shape index (κ2) is 22.2. The van der Waals surface area contributed by atoms with Gasteiger partial charge in [0, 0.05) is 20.7 Å². The maximum Gasteiger partial charge on any atom is 0.290 e. The SMILES string of the molecule is CO[Si](C)(C)CCCN.CO[Si](C)(C)CCCN.O=CO.O=C[O-]. The summed E-state index contributed by atoms with van der Waals surface area (Å²) in [5.74, 6) is 0. The number of rotatable bonds is 8. The van der Waals surface area contributed by atoms with Crippen molar-refractivity contribution in [1.82, 2.24) is 0 Å². The van der Waals surface area contributed by atoms with Crippen molar-refractivity contribution >= 4 is 29.6 Å². The Bertz CT molecular complexity index is 244. The van der Waals surface area contributed by atoms with Gasteiger partial charge in [0.05, 0.1) is 0 Å². The highest BCUT2D eigenvalue weighted by atomic mass is 28.4. The monoisotopic (exact) mass is 385 g/mol. The summed E-state index contributed by atoms with van der Waals surface area (Å²) in [7, 11) is 1.03. The van der Waals surface area contributed by atoms with Crippen molar-refractivity contribution in [3.05, 3.63) is 0 Å². The first-order valence-corrected chi connectivity index (χ1v) is 13.9. The molecule has 8 nitrogen and oxygen atoms in total. The third kappa shape index (κ3) is 37.4. The third-order valence-electron chi connectivity index (χ3n) is 3.07. The van der Waals surface area contributed by atoms with Gasteiger partial charge < -0.3 is 35.3 Å². The highest BCUT2D eigenvalue weighted by Gasteiger charge is 2.19. The molecule has 0 saturated carbocycles. The zero-order valence-corrected chi connectivity index (χ0v) is 18.0. The molecular formula is C14H37N2O6Si2-. The van der Waals surface area contributed by atoms with Crippen molar-refractivity contribution in [2.45, 2.75) is 51.1 Å². The lowest BCUT2D eigenvalue weighted by Gasteiger charge is -2.18. The predicted octanol–water partition coefficient (Wildman–Crippen LogP) is 0.440. The van der Waals surface area contributed by atoms with Crippen LogP contribution in [-0.2, 0) is 18.4 Å². The molecule has 0 amide bonds. The van der Waals surface area contributed by atoms with Crippen molar-refractivity contribution in [3.63, 3.8) is 0 Å². The van der Waals surface area contributed by atoms with Gasteiger partial charge in [0.15, 0.2) is 16.6 Å². The fourth-order valence-electron chi connectivity index (χ4n) is 1.26. The van der Waals surface area contributed by atoms with E-state index in [4.69, 9.17) is 40.1 Å². The summed E-state index contributed by atoms with van der Waals surface area (Å²) in [5.41, 5.74) is 10.7. The Labute approximate surface area is 148 Å². The van der Waals surface area contributed by atoms with E-state index in [2.05, 4.69) is 26.2 Å². The molecule has 0 bridgehead atoms. The Morgan fingerprint density at radius 2 is 1.12 bits per heavy atom. The number of hydrogen-bond acceptors (Lipinski definition) is 7. The van der Waals surface area contributed by atoms with Crippen molar-refractivity contribution in [1.29, 1.82) is 0 Å². The number of nitrogens with two attached hydrogens (primary N) is 2. The van der Waals surface area contributed by atoms with Crippen LogP contribution < -0.4 is 16.6 Å². The maximum atomic E-state index is 8.36. The Morgan fingerprint density at radius 3 is 1.25 bits per heavy atom. The minimum absolute atomic E-state index is 0.250. The summed E-state index contributed by atoms with van der Waals surface area (Å²) in [6, 6.07) is 2.36. The van der Waals surface area contributed by atoms with Gasteiger partial charge in [-0.2, -0.15) is 0 Å². The van der Waals surface area contributed by atoms with Crippen LogP contribution in [0, 0.1) is 0 Å². The van der Waals surface area contributed by atoms with Gasteiger partial charge >= 0.3 is 0 Å². The van der Waals surface area contributed by atoms with Crippen molar-refractivity contribution in [2.75, 3.05) is 27.3 Å². The zero-order valence-electron chi connectivity index (χ0n) is 16.0. The summed E-state index contributed by atoms with van der Waals surface area (Å²) in [5, 5.41) is 15.1. The molecule has 0 aromatic rings. The van der Waals surface area contributed by atoms with Crippen LogP contribution in [0.4, 0.5) is 0 Å². The number of carbonyl (C=O) groups excluding carboxylic acids is 1. The second-order valence-electron chi connectivity index (χ2n) is 5.91. The fourth-order valence-corrected chi connectivity index (χ4v) is 3.78. The van der Waals surface area contributed by atoms with E-state index in [-0.39, 0.29) is 6.47 Å². The molecule has 0 heterocycles. The molecule has 0 saturated heterocycles. The van der Waals surface area contributed by atoms with Crippen LogP contribution in [0.1, 0.15) is 12.8 Å². The smallest absolute Gasteiger partial charge is 0.290 e. The van der Waals surface area contributed by atoms with Crippen LogP contribution in [0.15, 0.2) is 0 Å². The summed E-state index contributed by atoms with van der Waals surface area (Å²) in [4.78, 5) is 16.6. The third-order valence-corrected chi connectivity index (χ3v) is 8.40. The number of hydrogen-bond donors (Lipinski definition) is 3. The largest absolute Gasteiger partial charge is 0.554 e. The van der Waals surface area contributed by atoms with Gasteiger partial charge in [-0.3, -0.25) is 4.79 Å². The van der Waals surface area contributed by atoms with Crippen molar-refractivity contribution < 1.29 is 28.7 Å². The molecule has 0 aliphatic rings. The van der Waals surface area contributed by atoms with Crippen LogP contribution in [0.3, 0.4) is 0 Å². The van der Waals surface area contributed by atoms with Gasteiger partial charge in [-0.1, -0.05) is 0 Å². The zero-order chi connectivity index (χ0) is 20.1. The Balaban J connectivity index is -0.000000126. The quantitative estimate of drug-likeness (QED) is 0.402. The van der Waals surface area contributed by atoms with E-state index in [9.17, 15) is 0 Å². The molecule has 0 fully saturated rings. The van der Waals surface area contributed by atoms with Gasteiger partial charge in [-0.25, -0.2) is 0 Å². The van der Waals surface area contributed by atoms with Crippen LogP contribution in [0.25, 0.3) is 0 Å². The predicted molar refractivity (Wildman–Crippen MR) is 101 cm³/mol. The van der Waals surface area contributed by atoms with E-state index in [1.165, 1.54) is 12.1 Å². The molecule has 0 atom stereocenters. The fraction of sp³-hybridized carbons (Fsp3) is 0.857. The first-order valence-electron chi connectivity index (χ1n) is 7.71. The van der Waals surface area contributed by atoms with Crippen molar-refractivity contribution in [3.8, 4) is 0 Å². The second-order valence-corrected chi connectivity index (χ2v) is 14.8. The average molecular weight is 386 g/mol. The molecule has 0 unspecified atom stereocenters. The highest BCUT2D eigenvalue weighted by molar-refractivity contribution is 6.71. The van der Waals surface area contributed by atoms with Crippen LogP contribution >= 0.6 is 0 Å². The first kappa shape index (κ1) is 31.0. The van der Waals surface area contributed by atoms with E-state index in [0.717, 1.165) is 25.9 Å². The molecule has 0 radical (unpaired) electrons. The van der Waals surface area contributed by atoms with E-state index < -0.39 is 23.1 Å². The molecule has 0 aromatic carbocycles. The van der Waals surface area contributed by atoms with Crippen LogP contribution in [0.2, 0.25) is 38.3 Å². The summed E-state index contributed by atoms with van der Waals surface area (Å²) >= 11 is 0. The van der Waals surface area contributed by atoms with Crippen molar-refractivity contribution in [2.24, 2.45) is 11.5 Å². The Hall–Kier alpha value is -0.786. The molecule has 0 rings (SSSR count). The van der Waals surface area contributed by atoms with Crippen LogP contribution in [-0.4, -0.2) is 62.0 Å². The lowest BCUT2D eigenvalue weighted by atomic mass is 10.5. The lowest BCUT2D eigenvalue weighted by molar-refractivity contribution is -0.283. The van der Waals surface area contributed by atoms with Crippen LogP contribution in [0.5, 0.6) is 0 Å². The van der Waals surface area contributed by atoms with E-state index in [0.29, 0.717) is 0 Å². The normalized spacial score (nSPS) is 10.0. The molecule has 10 heteroatoms. The minimum Gasteiger partial charge on any atom is -0.554 e. The van der Waals surface area contributed by atoms with Gasteiger partial charge in [0.1, 0.15) is 0 Å². The molecule has 0 aliphatic heterocycles. The standard InChI is InChI=1S/2C6H17NOSi.2CH2O2/c2*1-8-9(2,3)6-4-5-7;2*2-1-3/h2*4-7H2,1-3H3;2*1H,(H,2,3)/p-1. The molecular weight excluding hydrogens is 348 g/mol. The molecule has 148 valence electrons. The molecule has 0 aliphatic carbocycles. The van der Waals surface area contributed by atoms with Gasteiger partial charge in [0.2, 0.25) is 0 Å². The topological polar surface area (TPSA) is 148 Å². The van der Waals surface area contributed by atoms with E-state index in [1.807, 2.05) is 0 Å². The lowest BCUT2D eigenvalue weighted by Crippen LogP contribution is -2.28. The van der Waals surface area contributed by atoms with Gasteiger partial charge in [-0.05, 0) is 64.2 Å². The highest BCUT2D eigenvalue weighted by Crippen LogP contribution is 2.11. The average Bonchev–Trinajstić information content (AvgIpc) is 2.53. The molecule has 24 heavy (non-hydrogen) atoms. The summed E-state index contributed by atoms with van der Waals surface area (Å²) < 4.78 is 10.6. The Morgan fingerprint density at radius 1 is 0.917 bits per heavy atom. The number of carbonyl (C=O) groups is 2. The summed E-state index contributed by atoms with van der Waals surface area (Å²) in [6.45, 7) is 9.68. The molecule has 5 N–H and O–H groups in total. The van der Waals surface area contributed by atoms with E-state index >= 15 is 0 Å². The number of carboxylic acid groups (broad SMARTS) is 2. The van der Waals surface area contributed by atoms with E-state index in [1.54, 1.807) is 14.2 Å². The Kier molecular flexibility index (Phi) is 28.7.